The lowest BCUT2D eigenvalue weighted by Gasteiger charge is -2.41. The summed E-state index contributed by atoms with van der Waals surface area (Å²) >= 11 is 0. The number of amides is 2. The van der Waals surface area contributed by atoms with E-state index in [1.165, 1.54) is 12.8 Å². The van der Waals surface area contributed by atoms with E-state index in [0.717, 1.165) is 44.6 Å². The van der Waals surface area contributed by atoms with Crippen molar-refractivity contribution in [2.24, 2.45) is 17.3 Å². The first-order chi connectivity index (χ1) is 12.6. The number of rotatable bonds is 5. The molecule has 5 nitrogen and oxygen atoms in total. The van der Waals surface area contributed by atoms with Crippen molar-refractivity contribution in [3.05, 3.63) is 35.9 Å². The summed E-state index contributed by atoms with van der Waals surface area (Å²) < 4.78 is 5.41. The molecule has 1 aromatic rings. The molecule has 1 aromatic carbocycles. The Bertz CT molecular complexity index is 663. The van der Waals surface area contributed by atoms with E-state index in [-0.39, 0.29) is 23.1 Å². The zero-order chi connectivity index (χ0) is 18.1. The maximum absolute atomic E-state index is 12.9. The molecule has 5 heteroatoms. The fraction of sp³-hybridized carbons (Fsp3) is 0.619. The van der Waals surface area contributed by atoms with Crippen LogP contribution >= 0.6 is 0 Å². The highest BCUT2D eigenvalue weighted by Gasteiger charge is 2.53. The van der Waals surface area contributed by atoms with Crippen molar-refractivity contribution in [1.29, 1.82) is 0 Å². The van der Waals surface area contributed by atoms with Crippen LogP contribution in [-0.4, -0.2) is 61.5 Å². The second-order valence-electron chi connectivity index (χ2n) is 8.19. The molecule has 1 saturated carbocycles. The zero-order valence-electron chi connectivity index (χ0n) is 15.5. The van der Waals surface area contributed by atoms with Crippen LogP contribution in [0, 0.1) is 17.3 Å². The third-order valence-corrected chi connectivity index (χ3v) is 6.43. The monoisotopic (exact) mass is 356 g/mol. The van der Waals surface area contributed by atoms with Crippen LogP contribution in [0.5, 0.6) is 0 Å². The maximum Gasteiger partial charge on any atom is 0.253 e. The molecule has 0 N–H and O–H groups in total. The second kappa shape index (κ2) is 7.03. The molecule has 2 heterocycles. The molecular weight excluding hydrogens is 328 g/mol. The van der Waals surface area contributed by atoms with Gasteiger partial charge in [-0.05, 0) is 43.7 Å². The van der Waals surface area contributed by atoms with E-state index < -0.39 is 0 Å². The fourth-order valence-corrected chi connectivity index (χ4v) is 4.66. The molecular formula is C21H28N2O3. The molecule has 2 saturated heterocycles. The van der Waals surface area contributed by atoms with Crippen molar-refractivity contribution >= 4 is 11.8 Å². The third-order valence-electron chi connectivity index (χ3n) is 6.43. The summed E-state index contributed by atoms with van der Waals surface area (Å²) in [6, 6.07) is 9.47. The third kappa shape index (κ3) is 3.25. The molecule has 0 bridgehead atoms. The van der Waals surface area contributed by atoms with Crippen LogP contribution in [0.4, 0.5) is 0 Å². The van der Waals surface area contributed by atoms with Crippen molar-refractivity contribution in [2.45, 2.75) is 25.7 Å². The smallest absolute Gasteiger partial charge is 0.253 e. The van der Waals surface area contributed by atoms with Crippen molar-refractivity contribution in [2.75, 3.05) is 39.9 Å². The van der Waals surface area contributed by atoms with Gasteiger partial charge in [-0.2, -0.15) is 0 Å². The van der Waals surface area contributed by atoms with E-state index in [4.69, 9.17) is 4.74 Å². The van der Waals surface area contributed by atoms with Gasteiger partial charge >= 0.3 is 0 Å². The first kappa shape index (κ1) is 17.5. The number of hydrogen-bond acceptors (Lipinski definition) is 3. The van der Waals surface area contributed by atoms with E-state index in [1.807, 2.05) is 35.2 Å². The SMILES string of the molecule is COCC1C(=O)N(CC2CC2)CC12CCN(C(=O)c1ccccc1)CC2. The fourth-order valence-electron chi connectivity index (χ4n) is 4.66. The minimum atomic E-state index is -0.0553. The van der Waals surface area contributed by atoms with E-state index in [1.54, 1.807) is 7.11 Å². The Hall–Kier alpha value is -1.88. The normalized spacial score (nSPS) is 25.1. The van der Waals surface area contributed by atoms with Gasteiger partial charge in [0.1, 0.15) is 0 Å². The van der Waals surface area contributed by atoms with Gasteiger partial charge < -0.3 is 14.5 Å². The Morgan fingerprint density at radius 1 is 1.19 bits per heavy atom. The van der Waals surface area contributed by atoms with Gasteiger partial charge in [0.15, 0.2) is 0 Å². The quantitative estimate of drug-likeness (QED) is 0.814. The summed E-state index contributed by atoms with van der Waals surface area (Å²) in [6.07, 6.45) is 4.27. The summed E-state index contributed by atoms with van der Waals surface area (Å²) in [6.45, 7) is 3.68. The number of likely N-dealkylation sites (tertiary alicyclic amines) is 2. The van der Waals surface area contributed by atoms with Crippen LogP contribution in [0.1, 0.15) is 36.0 Å². The first-order valence-corrected chi connectivity index (χ1v) is 9.75. The average Bonchev–Trinajstić information content (AvgIpc) is 3.46. The van der Waals surface area contributed by atoms with Gasteiger partial charge in [-0.25, -0.2) is 0 Å². The van der Waals surface area contributed by atoms with Crippen LogP contribution < -0.4 is 0 Å². The number of carbonyl (C=O) groups excluding carboxylic acids is 2. The largest absolute Gasteiger partial charge is 0.384 e. The van der Waals surface area contributed by atoms with Gasteiger partial charge in [-0.1, -0.05) is 18.2 Å². The Balaban J connectivity index is 1.45. The topological polar surface area (TPSA) is 49.9 Å². The Morgan fingerprint density at radius 3 is 2.50 bits per heavy atom. The molecule has 0 aromatic heterocycles. The van der Waals surface area contributed by atoms with Crippen LogP contribution in [-0.2, 0) is 9.53 Å². The van der Waals surface area contributed by atoms with Crippen molar-refractivity contribution in [3.63, 3.8) is 0 Å². The average molecular weight is 356 g/mol. The zero-order valence-corrected chi connectivity index (χ0v) is 15.5. The van der Waals surface area contributed by atoms with Gasteiger partial charge in [0.25, 0.3) is 5.91 Å². The molecule has 0 radical (unpaired) electrons. The number of piperidine rings is 1. The Kier molecular flexibility index (Phi) is 4.74. The molecule has 26 heavy (non-hydrogen) atoms. The second-order valence-corrected chi connectivity index (χ2v) is 8.19. The van der Waals surface area contributed by atoms with Crippen molar-refractivity contribution in [1.82, 2.24) is 9.80 Å². The lowest BCUT2D eigenvalue weighted by atomic mass is 9.71. The predicted molar refractivity (Wildman–Crippen MR) is 98.7 cm³/mol. The van der Waals surface area contributed by atoms with Crippen LogP contribution in [0.15, 0.2) is 30.3 Å². The number of ether oxygens (including phenoxy) is 1. The summed E-state index contributed by atoms with van der Waals surface area (Å²) in [4.78, 5) is 29.7. The highest BCUT2D eigenvalue weighted by atomic mass is 16.5. The number of hydrogen-bond donors (Lipinski definition) is 0. The number of nitrogens with zero attached hydrogens (tertiary/aromatic N) is 2. The van der Waals surface area contributed by atoms with Gasteiger partial charge in [-0.3, -0.25) is 9.59 Å². The summed E-state index contributed by atoms with van der Waals surface area (Å²) in [7, 11) is 1.68. The molecule has 4 rings (SSSR count). The van der Waals surface area contributed by atoms with E-state index in [9.17, 15) is 9.59 Å². The van der Waals surface area contributed by atoms with E-state index >= 15 is 0 Å². The molecule has 3 fully saturated rings. The van der Waals surface area contributed by atoms with Crippen LogP contribution in [0.25, 0.3) is 0 Å². The molecule has 140 valence electrons. The minimum absolute atomic E-state index is 0.0323. The van der Waals surface area contributed by atoms with E-state index in [0.29, 0.717) is 12.5 Å². The van der Waals surface area contributed by atoms with Gasteiger partial charge in [-0.15, -0.1) is 0 Å². The van der Waals surface area contributed by atoms with Crippen molar-refractivity contribution < 1.29 is 14.3 Å². The number of benzene rings is 1. The van der Waals surface area contributed by atoms with E-state index in [2.05, 4.69) is 4.90 Å². The van der Waals surface area contributed by atoms with Gasteiger partial charge in [0, 0.05) is 44.3 Å². The number of methoxy groups -OCH3 is 1. The molecule has 1 unspecified atom stereocenters. The lowest BCUT2D eigenvalue weighted by Crippen LogP contribution is -2.47. The lowest BCUT2D eigenvalue weighted by molar-refractivity contribution is -0.133. The number of carbonyl (C=O) groups is 2. The molecule has 1 spiro atoms. The predicted octanol–water partition coefficient (Wildman–Crippen LogP) is 2.42. The maximum atomic E-state index is 12.9. The summed E-state index contributed by atoms with van der Waals surface area (Å²) in [5, 5.41) is 0. The first-order valence-electron chi connectivity index (χ1n) is 9.75. The highest BCUT2D eigenvalue weighted by Crippen LogP contribution is 2.46. The standard InChI is InChI=1S/C21H28N2O3/c1-26-14-18-20(25)23(13-16-7-8-16)15-21(18)9-11-22(12-10-21)19(24)17-5-3-2-4-6-17/h2-6,16,18H,7-15H2,1H3. The Morgan fingerprint density at radius 2 is 1.88 bits per heavy atom. The van der Waals surface area contributed by atoms with Gasteiger partial charge in [0.2, 0.25) is 5.91 Å². The molecule has 2 aliphatic heterocycles. The minimum Gasteiger partial charge on any atom is -0.384 e. The molecule has 1 atom stereocenters. The Labute approximate surface area is 155 Å². The van der Waals surface area contributed by atoms with Crippen LogP contribution in [0.2, 0.25) is 0 Å². The molecule has 3 aliphatic rings. The van der Waals surface area contributed by atoms with Gasteiger partial charge in [0.05, 0.1) is 12.5 Å². The molecule has 1 aliphatic carbocycles. The van der Waals surface area contributed by atoms with Crippen LogP contribution in [0.3, 0.4) is 0 Å². The highest BCUT2D eigenvalue weighted by molar-refractivity contribution is 5.94. The van der Waals surface area contributed by atoms with Crippen molar-refractivity contribution in [3.8, 4) is 0 Å². The molecule has 2 amide bonds. The summed E-state index contributed by atoms with van der Waals surface area (Å²) in [5.74, 6) is 1.02. The summed E-state index contributed by atoms with van der Waals surface area (Å²) in [5.41, 5.74) is 0.713.